The first-order valence-corrected chi connectivity index (χ1v) is 7.52. The van der Waals surface area contributed by atoms with Gasteiger partial charge in [0, 0.05) is 12.0 Å². The fourth-order valence-electron chi connectivity index (χ4n) is 1.58. The van der Waals surface area contributed by atoms with Crippen LogP contribution in [0.2, 0.25) is 0 Å². The van der Waals surface area contributed by atoms with Crippen LogP contribution in [0.4, 0.5) is 8.78 Å². The predicted octanol–water partition coefficient (Wildman–Crippen LogP) is 1.83. The number of alkyl halides is 2. The van der Waals surface area contributed by atoms with E-state index < -0.39 is 30.8 Å². The Morgan fingerprint density at radius 2 is 1.77 bits per heavy atom. The van der Waals surface area contributed by atoms with Crippen LogP contribution in [-0.4, -0.2) is 46.7 Å². The topological polar surface area (TPSA) is 83.5 Å². The molecule has 120 valence electrons. The number of halogens is 2. The Labute approximate surface area is 130 Å². The molecular formula is C14H15F2NO4S. The number of aliphatic carboxylic acids is 1. The Morgan fingerprint density at radius 1 is 1.14 bits per heavy atom. The summed E-state index contributed by atoms with van der Waals surface area (Å²) in [7, 11) is 0. The molecule has 0 bridgehead atoms. The lowest BCUT2D eigenvalue weighted by Crippen LogP contribution is -2.42. The Balaban J connectivity index is 2.36. The van der Waals surface area contributed by atoms with Crippen LogP contribution in [0.25, 0.3) is 0 Å². The van der Waals surface area contributed by atoms with Crippen LogP contribution in [0.15, 0.2) is 30.3 Å². The van der Waals surface area contributed by atoms with Crippen LogP contribution in [0, 0.1) is 0 Å². The predicted molar refractivity (Wildman–Crippen MR) is 78.3 cm³/mol. The first-order chi connectivity index (χ1) is 10.4. The Bertz CT molecular complexity index is 525. The molecule has 8 heteroatoms. The van der Waals surface area contributed by atoms with Gasteiger partial charge in [-0.25, -0.2) is 13.6 Å². The van der Waals surface area contributed by atoms with Gasteiger partial charge in [0.25, 0.3) is 0 Å². The second kappa shape index (κ2) is 9.14. The van der Waals surface area contributed by atoms with E-state index in [0.29, 0.717) is 5.56 Å². The molecule has 0 aromatic heterocycles. The zero-order chi connectivity index (χ0) is 16.5. The number of Topliss-reactive ketones (excluding diaryl/α,β-unsaturated/α-hetero) is 1. The lowest BCUT2D eigenvalue weighted by molar-refractivity contribution is -0.142. The average molecular weight is 331 g/mol. The number of amides is 1. The summed E-state index contributed by atoms with van der Waals surface area (Å²) < 4.78 is 24.4. The summed E-state index contributed by atoms with van der Waals surface area (Å²) in [6.45, 7) is 0. The van der Waals surface area contributed by atoms with Crippen molar-refractivity contribution in [3.05, 3.63) is 35.9 Å². The molecule has 1 rings (SSSR count). The summed E-state index contributed by atoms with van der Waals surface area (Å²) in [5.74, 6) is -2.51. The van der Waals surface area contributed by atoms with E-state index in [-0.39, 0.29) is 17.3 Å². The van der Waals surface area contributed by atoms with Crippen LogP contribution in [-0.2, 0) is 9.59 Å². The van der Waals surface area contributed by atoms with Gasteiger partial charge in [0.1, 0.15) is 6.04 Å². The summed E-state index contributed by atoms with van der Waals surface area (Å²) in [4.78, 5) is 34.0. The number of hydrogen-bond donors (Lipinski definition) is 2. The van der Waals surface area contributed by atoms with E-state index in [1.165, 1.54) is 0 Å². The largest absolute Gasteiger partial charge is 0.480 e. The molecule has 0 aliphatic heterocycles. The molecule has 1 amide bonds. The minimum absolute atomic E-state index is 0.0457. The van der Waals surface area contributed by atoms with E-state index in [1.54, 1.807) is 30.3 Å². The van der Waals surface area contributed by atoms with Gasteiger partial charge in [-0.3, -0.25) is 9.59 Å². The fourth-order valence-corrected chi connectivity index (χ4v) is 2.30. The molecule has 0 heterocycles. The normalized spacial score (nSPS) is 12.0. The summed E-state index contributed by atoms with van der Waals surface area (Å²) >= 11 is 0.995. The summed E-state index contributed by atoms with van der Waals surface area (Å²) in [6.07, 6.45) is -3.77. The SMILES string of the molecule is O=C(CSCC(=O)c1ccccc1)NC(CC(F)F)C(=O)O. The lowest BCUT2D eigenvalue weighted by Gasteiger charge is -2.13. The molecule has 1 unspecified atom stereocenters. The number of rotatable bonds is 9. The molecule has 0 aliphatic carbocycles. The van der Waals surface area contributed by atoms with Crippen molar-refractivity contribution in [2.75, 3.05) is 11.5 Å². The molecule has 0 spiro atoms. The van der Waals surface area contributed by atoms with Gasteiger partial charge in [-0.2, -0.15) is 0 Å². The highest BCUT2D eigenvalue weighted by molar-refractivity contribution is 8.00. The molecule has 0 aliphatic rings. The van der Waals surface area contributed by atoms with E-state index in [1.807, 2.05) is 5.32 Å². The molecular weight excluding hydrogens is 316 g/mol. The molecule has 5 nitrogen and oxygen atoms in total. The van der Waals surface area contributed by atoms with E-state index in [4.69, 9.17) is 5.11 Å². The van der Waals surface area contributed by atoms with Gasteiger partial charge in [0.2, 0.25) is 12.3 Å². The van der Waals surface area contributed by atoms with Crippen molar-refractivity contribution in [2.45, 2.75) is 18.9 Å². The van der Waals surface area contributed by atoms with Crippen molar-refractivity contribution in [3.63, 3.8) is 0 Å². The third kappa shape index (κ3) is 6.66. The molecule has 0 saturated heterocycles. The van der Waals surface area contributed by atoms with Crippen molar-refractivity contribution in [1.82, 2.24) is 5.32 Å². The number of carboxylic acid groups (broad SMARTS) is 1. The van der Waals surface area contributed by atoms with E-state index >= 15 is 0 Å². The summed E-state index contributed by atoms with van der Waals surface area (Å²) in [6, 6.07) is 6.86. The minimum atomic E-state index is -2.83. The Morgan fingerprint density at radius 3 is 2.32 bits per heavy atom. The quantitative estimate of drug-likeness (QED) is 0.675. The van der Waals surface area contributed by atoms with Crippen molar-refractivity contribution in [1.29, 1.82) is 0 Å². The molecule has 1 aromatic carbocycles. The van der Waals surface area contributed by atoms with Crippen LogP contribution in [0.1, 0.15) is 16.8 Å². The first-order valence-electron chi connectivity index (χ1n) is 6.36. The monoisotopic (exact) mass is 331 g/mol. The number of ketones is 1. The molecule has 0 radical (unpaired) electrons. The number of carbonyl (C=O) groups excluding carboxylic acids is 2. The maximum absolute atomic E-state index is 12.2. The Kier molecular flexibility index (Phi) is 7.51. The van der Waals surface area contributed by atoms with Gasteiger partial charge in [-0.1, -0.05) is 30.3 Å². The smallest absolute Gasteiger partial charge is 0.326 e. The van der Waals surface area contributed by atoms with E-state index in [2.05, 4.69) is 0 Å². The summed E-state index contributed by atoms with van der Waals surface area (Å²) in [5, 5.41) is 10.7. The van der Waals surface area contributed by atoms with Crippen LogP contribution < -0.4 is 5.32 Å². The number of carbonyl (C=O) groups is 3. The third-order valence-electron chi connectivity index (χ3n) is 2.61. The second-order valence-corrected chi connectivity index (χ2v) is 5.35. The maximum atomic E-state index is 12.2. The number of benzene rings is 1. The van der Waals surface area contributed by atoms with Gasteiger partial charge in [-0.05, 0) is 0 Å². The molecule has 22 heavy (non-hydrogen) atoms. The molecule has 1 aromatic rings. The number of thioether (sulfide) groups is 1. The second-order valence-electron chi connectivity index (χ2n) is 4.37. The minimum Gasteiger partial charge on any atom is -0.480 e. The van der Waals surface area contributed by atoms with Crippen molar-refractivity contribution >= 4 is 29.4 Å². The highest BCUT2D eigenvalue weighted by Gasteiger charge is 2.24. The zero-order valence-corrected chi connectivity index (χ0v) is 12.3. The molecule has 0 saturated carbocycles. The third-order valence-corrected chi connectivity index (χ3v) is 3.54. The van der Waals surface area contributed by atoms with Gasteiger partial charge >= 0.3 is 5.97 Å². The molecule has 2 N–H and O–H groups in total. The van der Waals surface area contributed by atoms with Crippen molar-refractivity contribution in [2.24, 2.45) is 0 Å². The number of carboxylic acids is 1. The van der Waals surface area contributed by atoms with Gasteiger partial charge in [0.15, 0.2) is 5.78 Å². The number of hydrogen-bond acceptors (Lipinski definition) is 4. The lowest BCUT2D eigenvalue weighted by atomic mass is 10.2. The fraction of sp³-hybridized carbons (Fsp3) is 0.357. The first kappa shape index (κ1) is 18.1. The van der Waals surface area contributed by atoms with Gasteiger partial charge in [0.05, 0.1) is 11.5 Å². The van der Waals surface area contributed by atoms with Crippen molar-refractivity contribution in [3.8, 4) is 0 Å². The van der Waals surface area contributed by atoms with E-state index in [9.17, 15) is 23.2 Å². The van der Waals surface area contributed by atoms with Crippen LogP contribution in [0.5, 0.6) is 0 Å². The van der Waals surface area contributed by atoms with Crippen molar-refractivity contribution < 1.29 is 28.3 Å². The number of nitrogens with one attached hydrogen (secondary N) is 1. The van der Waals surface area contributed by atoms with Gasteiger partial charge < -0.3 is 10.4 Å². The molecule has 1 atom stereocenters. The van der Waals surface area contributed by atoms with E-state index in [0.717, 1.165) is 11.8 Å². The average Bonchev–Trinajstić information content (AvgIpc) is 2.46. The molecule has 0 fully saturated rings. The highest BCUT2D eigenvalue weighted by Crippen LogP contribution is 2.08. The van der Waals surface area contributed by atoms with Crippen LogP contribution >= 0.6 is 11.8 Å². The maximum Gasteiger partial charge on any atom is 0.326 e. The zero-order valence-electron chi connectivity index (χ0n) is 11.5. The Hall–Kier alpha value is -1.96. The standard InChI is InChI=1S/C14H15F2NO4S/c15-12(16)6-10(14(20)21)17-13(19)8-22-7-11(18)9-4-2-1-3-5-9/h1-5,10,12H,6-8H2,(H,17,19)(H,20,21). The van der Waals surface area contributed by atoms with Gasteiger partial charge in [-0.15, -0.1) is 11.8 Å². The summed E-state index contributed by atoms with van der Waals surface area (Å²) in [5.41, 5.74) is 0.511. The highest BCUT2D eigenvalue weighted by atomic mass is 32.2. The van der Waals surface area contributed by atoms with Crippen LogP contribution in [0.3, 0.4) is 0 Å².